The van der Waals surface area contributed by atoms with E-state index in [1.165, 1.54) is 9.87 Å². The number of rotatable bonds is 8. The molecule has 1 aliphatic heterocycles. The number of halogens is 2. The van der Waals surface area contributed by atoms with Crippen LogP contribution >= 0.6 is 23.2 Å². The normalized spacial score (nSPS) is 15.8. The third kappa shape index (κ3) is 6.45. The highest BCUT2D eigenvalue weighted by Gasteiger charge is 2.31. The molecule has 1 aliphatic rings. The van der Waals surface area contributed by atoms with Crippen molar-refractivity contribution in [3.8, 4) is 0 Å². The van der Waals surface area contributed by atoms with Gasteiger partial charge in [-0.05, 0) is 55.0 Å². The zero-order valence-electron chi connectivity index (χ0n) is 16.7. The van der Waals surface area contributed by atoms with Gasteiger partial charge in [0.2, 0.25) is 15.9 Å². The molecule has 3 rings (SSSR count). The fourth-order valence-electron chi connectivity index (χ4n) is 3.60. The monoisotopic (exact) mass is 468 g/mol. The molecular weight excluding hydrogens is 443 g/mol. The van der Waals surface area contributed by atoms with E-state index in [1.807, 2.05) is 24.3 Å². The molecule has 0 bridgehead atoms. The van der Waals surface area contributed by atoms with Crippen molar-refractivity contribution in [3.05, 3.63) is 69.7 Å². The summed E-state index contributed by atoms with van der Waals surface area (Å²) in [7, 11) is -3.45. The Hall–Kier alpha value is -1.60. The summed E-state index contributed by atoms with van der Waals surface area (Å²) in [6.07, 6.45) is 2.78. The van der Waals surface area contributed by atoms with Gasteiger partial charge in [0.05, 0.1) is 5.75 Å². The molecule has 0 aromatic heterocycles. The number of sulfonamides is 1. The van der Waals surface area contributed by atoms with Crippen LogP contribution in [-0.4, -0.2) is 38.3 Å². The van der Waals surface area contributed by atoms with Gasteiger partial charge in [0.15, 0.2) is 0 Å². The van der Waals surface area contributed by atoms with E-state index in [4.69, 9.17) is 23.2 Å². The van der Waals surface area contributed by atoms with Crippen LogP contribution in [0.1, 0.15) is 30.4 Å². The molecule has 1 saturated heterocycles. The predicted molar refractivity (Wildman–Crippen MR) is 121 cm³/mol. The van der Waals surface area contributed by atoms with Gasteiger partial charge in [-0.15, -0.1) is 0 Å². The van der Waals surface area contributed by atoms with Crippen LogP contribution in [0.2, 0.25) is 10.0 Å². The summed E-state index contributed by atoms with van der Waals surface area (Å²) in [5, 5.41) is 4.15. The van der Waals surface area contributed by atoms with Crippen molar-refractivity contribution in [1.29, 1.82) is 0 Å². The zero-order valence-corrected chi connectivity index (χ0v) is 19.0. The zero-order chi connectivity index (χ0) is 21.6. The van der Waals surface area contributed by atoms with Gasteiger partial charge in [0.25, 0.3) is 0 Å². The molecule has 0 aliphatic carbocycles. The number of amides is 1. The van der Waals surface area contributed by atoms with Crippen molar-refractivity contribution in [2.24, 2.45) is 5.92 Å². The lowest BCUT2D eigenvalue weighted by atomic mass is 9.97. The standard InChI is InChI=1S/C22H26Cl2N2O3S/c23-20-9-7-17(8-10-20)4-3-13-25-22(27)18-11-14-26(15-12-18)30(28,29)16-19-5-1-2-6-21(19)24/h1-2,5-10,18H,3-4,11-16H2,(H,25,27). The molecule has 1 heterocycles. The number of hydrogen-bond acceptors (Lipinski definition) is 3. The number of hydrogen-bond donors (Lipinski definition) is 1. The van der Waals surface area contributed by atoms with Crippen LogP contribution in [0.4, 0.5) is 0 Å². The highest BCUT2D eigenvalue weighted by molar-refractivity contribution is 7.88. The SMILES string of the molecule is O=C(NCCCc1ccc(Cl)cc1)C1CCN(S(=O)(=O)Cc2ccccc2Cl)CC1. The Bertz CT molecular complexity index is 957. The van der Waals surface area contributed by atoms with Crippen LogP contribution in [0, 0.1) is 5.92 Å². The van der Waals surface area contributed by atoms with Crippen molar-refractivity contribution in [2.75, 3.05) is 19.6 Å². The van der Waals surface area contributed by atoms with Gasteiger partial charge in [0, 0.05) is 35.6 Å². The second-order valence-corrected chi connectivity index (χ2v) is 10.4. The van der Waals surface area contributed by atoms with Crippen LogP contribution in [-0.2, 0) is 27.0 Å². The number of carbonyl (C=O) groups is 1. The first-order valence-electron chi connectivity index (χ1n) is 10.1. The second-order valence-electron chi connectivity index (χ2n) is 7.54. The maximum absolute atomic E-state index is 12.7. The topological polar surface area (TPSA) is 66.5 Å². The maximum atomic E-state index is 12.7. The molecule has 1 amide bonds. The van der Waals surface area contributed by atoms with Gasteiger partial charge in [0.1, 0.15) is 0 Å². The lowest BCUT2D eigenvalue weighted by molar-refractivity contribution is -0.126. The highest BCUT2D eigenvalue weighted by atomic mass is 35.5. The number of carbonyl (C=O) groups excluding carboxylic acids is 1. The van der Waals surface area contributed by atoms with E-state index in [2.05, 4.69) is 5.32 Å². The van der Waals surface area contributed by atoms with E-state index < -0.39 is 10.0 Å². The van der Waals surface area contributed by atoms with Crippen molar-refractivity contribution in [3.63, 3.8) is 0 Å². The Balaban J connectivity index is 1.41. The average molecular weight is 469 g/mol. The van der Waals surface area contributed by atoms with Crippen LogP contribution in [0.15, 0.2) is 48.5 Å². The number of aryl methyl sites for hydroxylation is 1. The largest absolute Gasteiger partial charge is 0.356 e. The molecule has 30 heavy (non-hydrogen) atoms. The highest BCUT2D eigenvalue weighted by Crippen LogP contribution is 2.24. The molecule has 0 unspecified atom stereocenters. The van der Waals surface area contributed by atoms with Crippen LogP contribution in [0.25, 0.3) is 0 Å². The van der Waals surface area contributed by atoms with Crippen molar-refractivity contribution in [2.45, 2.75) is 31.4 Å². The maximum Gasteiger partial charge on any atom is 0.223 e. The molecule has 8 heteroatoms. The van der Waals surface area contributed by atoms with E-state index in [9.17, 15) is 13.2 Å². The molecule has 2 aromatic carbocycles. The van der Waals surface area contributed by atoms with Crippen LogP contribution in [0.3, 0.4) is 0 Å². The summed E-state index contributed by atoms with van der Waals surface area (Å²) < 4.78 is 26.9. The Morgan fingerprint density at radius 2 is 1.70 bits per heavy atom. The molecule has 1 N–H and O–H groups in total. The van der Waals surface area contributed by atoms with Crippen molar-refractivity contribution < 1.29 is 13.2 Å². The Labute approximate surface area is 188 Å². The summed E-state index contributed by atoms with van der Waals surface area (Å²) >= 11 is 12.0. The Morgan fingerprint density at radius 3 is 2.37 bits per heavy atom. The van der Waals surface area contributed by atoms with Gasteiger partial charge < -0.3 is 5.32 Å². The molecule has 0 radical (unpaired) electrons. The van der Waals surface area contributed by atoms with Gasteiger partial charge in [-0.1, -0.05) is 53.5 Å². The van der Waals surface area contributed by atoms with E-state index in [1.54, 1.807) is 24.3 Å². The quantitative estimate of drug-likeness (QED) is 0.587. The van der Waals surface area contributed by atoms with Crippen LogP contribution < -0.4 is 5.32 Å². The summed E-state index contributed by atoms with van der Waals surface area (Å²) in [6, 6.07) is 14.7. The fraction of sp³-hybridized carbons (Fsp3) is 0.409. The predicted octanol–water partition coefficient (Wildman–Crippen LogP) is 4.28. The van der Waals surface area contributed by atoms with E-state index in [0.29, 0.717) is 48.1 Å². The second kappa shape index (κ2) is 10.6. The molecule has 162 valence electrons. The number of nitrogens with one attached hydrogen (secondary N) is 1. The van der Waals surface area contributed by atoms with Crippen molar-refractivity contribution in [1.82, 2.24) is 9.62 Å². The van der Waals surface area contributed by atoms with Gasteiger partial charge in [-0.25, -0.2) is 12.7 Å². The number of nitrogens with zero attached hydrogens (tertiary/aromatic N) is 1. The summed E-state index contributed by atoms with van der Waals surface area (Å²) in [5.41, 5.74) is 1.78. The van der Waals surface area contributed by atoms with Crippen LogP contribution in [0.5, 0.6) is 0 Å². The van der Waals surface area contributed by atoms with Gasteiger partial charge in [-0.3, -0.25) is 4.79 Å². The van der Waals surface area contributed by atoms with Gasteiger partial charge >= 0.3 is 0 Å². The average Bonchev–Trinajstić information content (AvgIpc) is 2.74. The third-order valence-corrected chi connectivity index (χ3v) is 7.82. The molecule has 0 saturated carbocycles. The minimum atomic E-state index is -3.45. The molecule has 2 aromatic rings. The third-order valence-electron chi connectivity index (χ3n) is 5.37. The Morgan fingerprint density at radius 1 is 1.03 bits per heavy atom. The Kier molecular flexibility index (Phi) is 8.17. The lowest BCUT2D eigenvalue weighted by Crippen LogP contribution is -2.43. The first-order valence-corrected chi connectivity index (χ1v) is 12.4. The number of piperidine rings is 1. The van der Waals surface area contributed by atoms with Crippen molar-refractivity contribution >= 4 is 39.1 Å². The number of benzene rings is 2. The minimum Gasteiger partial charge on any atom is -0.356 e. The molecule has 0 atom stereocenters. The fourth-order valence-corrected chi connectivity index (χ4v) is 5.60. The summed E-state index contributed by atoms with van der Waals surface area (Å²) in [5.74, 6) is -0.254. The van der Waals surface area contributed by atoms with E-state index in [-0.39, 0.29) is 17.6 Å². The molecular formula is C22H26Cl2N2O3S. The molecule has 0 spiro atoms. The lowest BCUT2D eigenvalue weighted by Gasteiger charge is -2.30. The minimum absolute atomic E-state index is 0.00857. The molecule has 5 nitrogen and oxygen atoms in total. The van der Waals surface area contributed by atoms with E-state index in [0.717, 1.165) is 12.8 Å². The molecule has 1 fully saturated rings. The first-order chi connectivity index (χ1) is 14.3. The van der Waals surface area contributed by atoms with Gasteiger partial charge in [-0.2, -0.15) is 0 Å². The summed E-state index contributed by atoms with van der Waals surface area (Å²) in [4.78, 5) is 12.4. The van der Waals surface area contributed by atoms with E-state index >= 15 is 0 Å². The first kappa shape index (κ1) is 23.1. The smallest absolute Gasteiger partial charge is 0.223 e. The summed E-state index contributed by atoms with van der Waals surface area (Å²) in [6.45, 7) is 1.32.